The smallest absolute Gasteiger partial charge is 0.243 e. The van der Waals surface area contributed by atoms with Crippen LogP contribution < -0.4 is 10.0 Å². The summed E-state index contributed by atoms with van der Waals surface area (Å²) in [5.74, 6) is -0.424. The molecule has 0 aromatic heterocycles. The largest absolute Gasteiger partial charge is 0.326 e. The molecule has 172 valence electrons. The molecule has 1 heterocycles. The second-order valence-electron chi connectivity index (χ2n) is 7.44. The first-order valence-corrected chi connectivity index (χ1v) is 13.4. The van der Waals surface area contributed by atoms with Gasteiger partial charge in [-0.05, 0) is 42.7 Å². The first kappa shape index (κ1) is 24.1. The molecule has 0 unspecified atom stereocenters. The molecule has 0 bridgehead atoms. The molecule has 2 aromatic rings. The Bertz CT molecular complexity index is 1160. The van der Waals surface area contributed by atoms with Crippen molar-refractivity contribution < 1.29 is 21.6 Å². The fraction of sp³-hybridized carbons (Fsp3) is 0.318. The van der Waals surface area contributed by atoms with Crippen LogP contribution in [-0.2, 0) is 24.8 Å². The molecule has 2 N–H and O–H groups in total. The van der Waals surface area contributed by atoms with Crippen molar-refractivity contribution in [1.29, 1.82) is 0 Å². The Morgan fingerprint density at radius 2 is 1.66 bits per heavy atom. The molecule has 0 saturated carbocycles. The molecule has 8 nitrogen and oxygen atoms in total. The predicted octanol–water partition coefficient (Wildman–Crippen LogP) is 2.78. The van der Waals surface area contributed by atoms with E-state index < -0.39 is 26.0 Å². The minimum Gasteiger partial charge on any atom is -0.326 e. The third-order valence-electron chi connectivity index (χ3n) is 4.97. The second-order valence-corrected chi connectivity index (χ2v) is 11.0. The van der Waals surface area contributed by atoms with Gasteiger partial charge in [0.15, 0.2) is 0 Å². The van der Waals surface area contributed by atoms with Crippen molar-refractivity contribution in [3.05, 3.63) is 65.6 Å². The van der Waals surface area contributed by atoms with E-state index in [0.29, 0.717) is 18.8 Å². The number of amides is 1. The quantitative estimate of drug-likeness (QED) is 0.577. The molecular weight excluding hydrogens is 450 g/mol. The number of carbonyl (C=O) groups is 1. The summed E-state index contributed by atoms with van der Waals surface area (Å²) in [6.45, 7) is 0.911. The standard InChI is InChI=1S/C22H27N3O5S2/c26-22(12-14-23-31(27,28)17-13-19-8-3-1-4-9-19)24-20-10-7-11-21(18-20)32(29,30)25-15-5-2-6-16-25/h1,3-4,7-11,13,17-18,23H,2,5-6,12,14-16H2,(H,24,26)/b17-13+. The van der Waals surface area contributed by atoms with E-state index in [-0.39, 0.29) is 17.9 Å². The Hall–Kier alpha value is -2.53. The fourth-order valence-corrected chi connectivity index (χ4v) is 5.68. The van der Waals surface area contributed by atoms with Crippen LogP contribution in [0.1, 0.15) is 31.2 Å². The number of hydrogen-bond donors (Lipinski definition) is 2. The van der Waals surface area contributed by atoms with Crippen molar-refractivity contribution in [3.63, 3.8) is 0 Å². The lowest BCUT2D eigenvalue weighted by Gasteiger charge is -2.26. The lowest BCUT2D eigenvalue weighted by Crippen LogP contribution is -2.35. The van der Waals surface area contributed by atoms with Crippen LogP contribution in [-0.4, -0.2) is 46.7 Å². The maximum Gasteiger partial charge on any atom is 0.243 e. The summed E-state index contributed by atoms with van der Waals surface area (Å²) in [4.78, 5) is 12.3. The Balaban J connectivity index is 1.53. The molecular formula is C22H27N3O5S2. The number of nitrogens with one attached hydrogen (secondary N) is 2. The van der Waals surface area contributed by atoms with Crippen LogP contribution >= 0.6 is 0 Å². The number of anilines is 1. The van der Waals surface area contributed by atoms with Gasteiger partial charge in [0, 0.05) is 37.2 Å². The predicted molar refractivity (Wildman–Crippen MR) is 125 cm³/mol. The lowest BCUT2D eigenvalue weighted by molar-refractivity contribution is -0.116. The third-order valence-corrected chi connectivity index (χ3v) is 7.96. The summed E-state index contributed by atoms with van der Waals surface area (Å²) in [6.07, 6.45) is 4.07. The number of sulfonamides is 2. The number of benzene rings is 2. The topological polar surface area (TPSA) is 113 Å². The van der Waals surface area contributed by atoms with E-state index in [1.54, 1.807) is 36.4 Å². The Labute approximate surface area is 189 Å². The summed E-state index contributed by atoms with van der Waals surface area (Å²) in [7, 11) is -7.29. The van der Waals surface area contributed by atoms with Gasteiger partial charge in [-0.1, -0.05) is 42.8 Å². The maximum atomic E-state index is 12.8. The molecule has 0 spiro atoms. The van der Waals surface area contributed by atoms with Gasteiger partial charge in [-0.25, -0.2) is 21.6 Å². The van der Waals surface area contributed by atoms with E-state index in [1.165, 1.54) is 22.5 Å². The highest BCUT2D eigenvalue weighted by molar-refractivity contribution is 7.92. The van der Waals surface area contributed by atoms with Gasteiger partial charge in [-0.3, -0.25) is 4.79 Å². The monoisotopic (exact) mass is 477 g/mol. The van der Waals surface area contributed by atoms with Crippen molar-refractivity contribution in [2.24, 2.45) is 0 Å². The number of piperidine rings is 1. The Morgan fingerprint density at radius 1 is 0.938 bits per heavy atom. The van der Waals surface area contributed by atoms with E-state index in [2.05, 4.69) is 10.0 Å². The summed E-state index contributed by atoms with van der Waals surface area (Å²) < 4.78 is 53.5. The molecule has 3 rings (SSSR count). The first-order valence-electron chi connectivity index (χ1n) is 10.4. The van der Waals surface area contributed by atoms with Crippen molar-refractivity contribution in [1.82, 2.24) is 9.03 Å². The van der Waals surface area contributed by atoms with E-state index in [4.69, 9.17) is 0 Å². The van der Waals surface area contributed by atoms with Gasteiger partial charge < -0.3 is 5.32 Å². The van der Waals surface area contributed by atoms with Crippen LogP contribution in [0.5, 0.6) is 0 Å². The fourth-order valence-electron chi connectivity index (χ4n) is 3.30. The molecule has 0 aliphatic carbocycles. The van der Waals surface area contributed by atoms with Crippen LogP contribution in [0.25, 0.3) is 6.08 Å². The van der Waals surface area contributed by atoms with Gasteiger partial charge in [0.2, 0.25) is 26.0 Å². The molecule has 10 heteroatoms. The summed E-state index contributed by atoms with van der Waals surface area (Å²) >= 11 is 0. The number of carbonyl (C=O) groups excluding carboxylic acids is 1. The zero-order valence-electron chi connectivity index (χ0n) is 17.6. The lowest BCUT2D eigenvalue weighted by atomic mass is 10.2. The minimum absolute atomic E-state index is 0.0843. The van der Waals surface area contributed by atoms with Crippen molar-refractivity contribution in [3.8, 4) is 0 Å². The molecule has 0 radical (unpaired) electrons. The highest BCUT2D eigenvalue weighted by Crippen LogP contribution is 2.23. The average Bonchev–Trinajstić information content (AvgIpc) is 2.79. The van der Waals surface area contributed by atoms with Crippen LogP contribution in [0.15, 0.2) is 64.9 Å². The summed E-state index contributed by atoms with van der Waals surface area (Å²) in [5.41, 5.74) is 1.09. The minimum atomic E-state index is -3.68. The van der Waals surface area contributed by atoms with E-state index in [9.17, 15) is 21.6 Å². The van der Waals surface area contributed by atoms with Gasteiger partial charge in [0.25, 0.3) is 0 Å². The Morgan fingerprint density at radius 3 is 2.38 bits per heavy atom. The summed E-state index contributed by atoms with van der Waals surface area (Å²) in [5, 5.41) is 3.68. The van der Waals surface area contributed by atoms with Gasteiger partial charge in [0.1, 0.15) is 0 Å². The highest BCUT2D eigenvalue weighted by atomic mass is 32.2. The van der Waals surface area contributed by atoms with Gasteiger partial charge >= 0.3 is 0 Å². The molecule has 32 heavy (non-hydrogen) atoms. The van der Waals surface area contributed by atoms with E-state index >= 15 is 0 Å². The molecule has 1 aliphatic heterocycles. The highest BCUT2D eigenvalue weighted by Gasteiger charge is 2.26. The van der Waals surface area contributed by atoms with Gasteiger partial charge in [-0.2, -0.15) is 4.31 Å². The number of rotatable bonds is 9. The van der Waals surface area contributed by atoms with Crippen molar-refractivity contribution in [2.45, 2.75) is 30.6 Å². The van der Waals surface area contributed by atoms with Crippen LogP contribution in [0.3, 0.4) is 0 Å². The molecule has 1 amide bonds. The molecule has 2 aromatic carbocycles. The van der Waals surface area contributed by atoms with Gasteiger partial charge in [-0.15, -0.1) is 0 Å². The zero-order valence-corrected chi connectivity index (χ0v) is 19.2. The molecule has 0 atom stereocenters. The molecule has 1 aliphatic rings. The SMILES string of the molecule is O=C(CCNS(=O)(=O)/C=C/c1ccccc1)Nc1cccc(S(=O)(=O)N2CCCCC2)c1. The number of nitrogens with zero attached hydrogens (tertiary/aromatic N) is 1. The van der Waals surface area contributed by atoms with Crippen LogP contribution in [0.4, 0.5) is 5.69 Å². The zero-order chi connectivity index (χ0) is 23.0. The maximum absolute atomic E-state index is 12.8. The van der Waals surface area contributed by atoms with Crippen LogP contribution in [0.2, 0.25) is 0 Å². The average molecular weight is 478 g/mol. The number of hydrogen-bond acceptors (Lipinski definition) is 5. The molecule has 1 fully saturated rings. The Kier molecular flexibility index (Phi) is 8.19. The third kappa shape index (κ3) is 6.99. The molecule has 1 saturated heterocycles. The van der Waals surface area contributed by atoms with E-state index in [1.807, 2.05) is 6.07 Å². The van der Waals surface area contributed by atoms with Crippen molar-refractivity contribution in [2.75, 3.05) is 25.0 Å². The van der Waals surface area contributed by atoms with E-state index in [0.717, 1.165) is 30.2 Å². The van der Waals surface area contributed by atoms with Gasteiger partial charge in [0.05, 0.1) is 4.90 Å². The summed E-state index contributed by atoms with van der Waals surface area (Å²) in [6, 6.07) is 15.1. The first-order chi connectivity index (χ1) is 15.3. The normalized spacial score (nSPS) is 15.6. The van der Waals surface area contributed by atoms with Crippen molar-refractivity contribution >= 4 is 37.7 Å². The van der Waals surface area contributed by atoms with Crippen LogP contribution in [0, 0.1) is 0 Å². The second kappa shape index (κ2) is 10.9.